The van der Waals surface area contributed by atoms with Gasteiger partial charge in [0.05, 0.1) is 0 Å². The molecule has 1 aromatic heterocycles. The van der Waals surface area contributed by atoms with Crippen LogP contribution in [0.5, 0.6) is 0 Å². The Balaban J connectivity index is 2.11. The van der Waals surface area contributed by atoms with Gasteiger partial charge in [-0.25, -0.2) is 9.97 Å². The Labute approximate surface area is 109 Å². The molecule has 0 radical (unpaired) electrons. The van der Waals surface area contributed by atoms with Crippen molar-refractivity contribution < 1.29 is 0 Å². The zero-order valence-corrected chi connectivity index (χ0v) is 11.7. The number of piperidine rings is 1. The molecule has 2 rings (SSSR count). The van der Waals surface area contributed by atoms with Gasteiger partial charge in [0.25, 0.3) is 0 Å². The Hall–Kier alpha value is -1.36. The molecule has 100 valence electrons. The first kappa shape index (κ1) is 13.1. The van der Waals surface area contributed by atoms with Crippen LogP contribution in [0.2, 0.25) is 0 Å². The number of hydrogen-bond donors (Lipinski definition) is 2. The van der Waals surface area contributed by atoms with Crippen molar-refractivity contribution in [3.8, 4) is 0 Å². The van der Waals surface area contributed by atoms with E-state index in [1.54, 1.807) is 0 Å². The summed E-state index contributed by atoms with van der Waals surface area (Å²) in [5.41, 5.74) is 1.10. The summed E-state index contributed by atoms with van der Waals surface area (Å²) in [6.45, 7) is 6.29. The highest BCUT2D eigenvalue weighted by atomic mass is 15.1. The van der Waals surface area contributed by atoms with Gasteiger partial charge in [0, 0.05) is 18.7 Å². The van der Waals surface area contributed by atoms with Crippen molar-refractivity contribution in [2.75, 3.05) is 37.8 Å². The topological polar surface area (TPSA) is 53.1 Å². The number of hydrogen-bond acceptors (Lipinski definition) is 5. The van der Waals surface area contributed by atoms with Gasteiger partial charge in [-0.2, -0.15) is 0 Å². The van der Waals surface area contributed by atoms with Gasteiger partial charge in [0.2, 0.25) is 0 Å². The van der Waals surface area contributed by atoms with E-state index in [-0.39, 0.29) is 0 Å². The monoisotopic (exact) mass is 249 g/mol. The van der Waals surface area contributed by atoms with E-state index in [0.29, 0.717) is 6.04 Å². The number of rotatable bonds is 3. The second-order valence-electron chi connectivity index (χ2n) is 5.06. The molecule has 0 saturated carbocycles. The summed E-state index contributed by atoms with van der Waals surface area (Å²) in [4.78, 5) is 11.3. The van der Waals surface area contributed by atoms with Gasteiger partial charge >= 0.3 is 0 Å². The smallest absolute Gasteiger partial charge is 0.134 e. The minimum absolute atomic E-state index is 0.527. The van der Waals surface area contributed by atoms with E-state index in [0.717, 1.165) is 36.1 Å². The van der Waals surface area contributed by atoms with Crippen molar-refractivity contribution in [1.29, 1.82) is 0 Å². The molecule has 2 heterocycles. The average molecular weight is 249 g/mol. The van der Waals surface area contributed by atoms with Gasteiger partial charge in [-0.15, -0.1) is 0 Å². The van der Waals surface area contributed by atoms with Crippen molar-refractivity contribution in [1.82, 2.24) is 14.9 Å². The number of aromatic nitrogens is 2. The second kappa shape index (κ2) is 5.52. The third kappa shape index (κ3) is 2.90. The number of likely N-dealkylation sites (tertiary alicyclic amines) is 1. The fourth-order valence-electron chi connectivity index (χ4n) is 2.36. The Morgan fingerprint density at radius 2 is 1.72 bits per heavy atom. The minimum Gasteiger partial charge on any atom is -0.373 e. The first-order chi connectivity index (χ1) is 8.60. The van der Waals surface area contributed by atoms with Crippen molar-refractivity contribution in [3.63, 3.8) is 0 Å². The summed E-state index contributed by atoms with van der Waals surface area (Å²) >= 11 is 0. The number of aryl methyl sites for hydroxylation is 1. The molecule has 1 fully saturated rings. The van der Waals surface area contributed by atoms with E-state index in [4.69, 9.17) is 0 Å². The molecule has 0 aromatic carbocycles. The molecule has 2 N–H and O–H groups in total. The third-order valence-electron chi connectivity index (χ3n) is 3.55. The summed E-state index contributed by atoms with van der Waals surface area (Å²) in [6, 6.07) is 0.527. The minimum atomic E-state index is 0.527. The molecule has 5 nitrogen and oxygen atoms in total. The van der Waals surface area contributed by atoms with E-state index in [1.165, 1.54) is 12.8 Å². The van der Waals surface area contributed by atoms with Crippen LogP contribution >= 0.6 is 0 Å². The maximum atomic E-state index is 4.52. The largest absolute Gasteiger partial charge is 0.373 e. The molecule has 0 spiro atoms. The fourth-order valence-corrected chi connectivity index (χ4v) is 2.36. The average Bonchev–Trinajstić information content (AvgIpc) is 2.36. The molecule has 0 unspecified atom stereocenters. The lowest BCUT2D eigenvalue weighted by Gasteiger charge is -2.30. The summed E-state index contributed by atoms with van der Waals surface area (Å²) < 4.78 is 0. The molecule has 5 heteroatoms. The molecular weight excluding hydrogens is 226 g/mol. The lowest BCUT2D eigenvalue weighted by atomic mass is 10.1. The molecule has 1 aromatic rings. The second-order valence-corrected chi connectivity index (χ2v) is 5.06. The van der Waals surface area contributed by atoms with Gasteiger partial charge in [-0.05, 0) is 46.8 Å². The predicted molar refractivity (Wildman–Crippen MR) is 75.2 cm³/mol. The summed E-state index contributed by atoms with van der Waals surface area (Å²) in [7, 11) is 4.07. The standard InChI is InChI=1S/C13H23N5/c1-9-12(14-3)15-10(2)16-13(9)17-11-5-7-18(4)8-6-11/h11H,5-8H2,1-4H3,(H2,14,15,16,17). The first-order valence-corrected chi connectivity index (χ1v) is 6.58. The van der Waals surface area contributed by atoms with Crippen LogP contribution in [0.1, 0.15) is 24.2 Å². The van der Waals surface area contributed by atoms with Gasteiger partial charge in [-0.3, -0.25) is 0 Å². The van der Waals surface area contributed by atoms with E-state index in [2.05, 4.69) is 39.5 Å². The van der Waals surface area contributed by atoms with E-state index in [9.17, 15) is 0 Å². The quantitative estimate of drug-likeness (QED) is 0.853. The third-order valence-corrected chi connectivity index (χ3v) is 3.55. The van der Waals surface area contributed by atoms with Crippen LogP contribution in [0.25, 0.3) is 0 Å². The summed E-state index contributed by atoms with van der Waals surface area (Å²) in [6.07, 6.45) is 2.35. The highest BCUT2D eigenvalue weighted by Crippen LogP contribution is 2.22. The Bertz CT molecular complexity index is 410. The van der Waals surface area contributed by atoms with Crippen LogP contribution in [0.4, 0.5) is 11.6 Å². The molecule has 0 aliphatic carbocycles. The van der Waals surface area contributed by atoms with Gasteiger partial charge in [0.1, 0.15) is 17.5 Å². The molecule has 0 atom stereocenters. The SMILES string of the molecule is CNc1nc(C)nc(NC2CCN(C)CC2)c1C. The van der Waals surface area contributed by atoms with Crippen LogP contribution in [-0.4, -0.2) is 48.1 Å². The van der Waals surface area contributed by atoms with Crippen molar-refractivity contribution in [2.45, 2.75) is 32.7 Å². The van der Waals surface area contributed by atoms with Crippen LogP contribution in [0, 0.1) is 13.8 Å². The molecule has 1 aliphatic rings. The first-order valence-electron chi connectivity index (χ1n) is 6.58. The highest BCUT2D eigenvalue weighted by molar-refractivity contribution is 5.57. The van der Waals surface area contributed by atoms with Crippen molar-refractivity contribution in [3.05, 3.63) is 11.4 Å². The van der Waals surface area contributed by atoms with E-state index in [1.807, 2.05) is 14.0 Å². The Morgan fingerprint density at radius 3 is 2.33 bits per heavy atom. The van der Waals surface area contributed by atoms with Crippen LogP contribution < -0.4 is 10.6 Å². The predicted octanol–water partition coefficient (Wildman–Crippen LogP) is 1.64. The summed E-state index contributed by atoms with van der Waals surface area (Å²) in [5, 5.41) is 6.69. The number of nitrogens with zero attached hydrogens (tertiary/aromatic N) is 3. The van der Waals surface area contributed by atoms with Gasteiger partial charge < -0.3 is 15.5 Å². The maximum absolute atomic E-state index is 4.52. The van der Waals surface area contributed by atoms with Gasteiger partial charge in [0.15, 0.2) is 0 Å². The molecule has 1 saturated heterocycles. The van der Waals surface area contributed by atoms with Crippen molar-refractivity contribution >= 4 is 11.6 Å². The molecule has 18 heavy (non-hydrogen) atoms. The van der Waals surface area contributed by atoms with Crippen LogP contribution in [0.15, 0.2) is 0 Å². The zero-order valence-electron chi connectivity index (χ0n) is 11.7. The zero-order chi connectivity index (χ0) is 13.1. The normalized spacial score (nSPS) is 17.8. The molecule has 1 aliphatic heterocycles. The highest BCUT2D eigenvalue weighted by Gasteiger charge is 2.18. The van der Waals surface area contributed by atoms with Crippen LogP contribution in [0.3, 0.4) is 0 Å². The van der Waals surface area contributed by atoms with Gasteiger partial charge in [-0.1, -0.05) is 0 Å². The molecular formula is C13H23N5. The van der Waals surface area contributed by atoms with Crippen molar-refractivity contribution in [2.24, 2.45) is 0 Å². The number of anilines is 2. The Morgan fingerprint density at radius 1 is 1.11 bits per heavy atom. The van der Waals surface area contributed by atoms with E-state index < -0.39 is 0 Å². The summed E-state index contributed by atoms with van der Waals surface area (Å²) in [5.74, 6) is 2.69. The van der Waals surface area contributed by atoms with E-state index >= 15 is 0 Å². The Kier molecular flexibility index (Phi) is 4.01. The fraction of sp³-hybridized carbons (Fsp3) is 0.692. The molecule has 0 amide bonds. The maximum Gasteiger partial charge on any atom is 0.134 e. The molecule has 0 bridgehead atoms. The van der Waals surface area contributed by atoms with Crippen LogP contribution in [-0.2, 0) is 0 Å². The number of nitrogens with one attached hydrogen (secondary N) is 2. The lowest BCUT2D eigenvalue weighted by molar-refractivity contribution is 0.263. The lowest BCUT2D eigenvalue weighted by Crippen LogP contribution is -2.37.